The van der Waals surface area contributed by atoms with Gasteiger partial charge in [-0.2, -0.15) is 0 Å². The average molecular weight is 308 g/mol. The van der Waals surface area contributed by atoms with Gasteiger partial charge in [-0.05, 0) is 55.8 Å². The Hall–Kier alpha value is -1.40. The second kappa shape index (κ2) is 7.40. The highest BCUT2D eigenvalue weighted by Crippen LogP contribution is 2.17. The molecule has 20 heavy (non-hydrogen) atoms. The van der Waals surface area contributed by atoms with Crippen LogP contribution in [0.25, 0.3) is 0 Å². The van der Waals surface area contributed by atoms with E-state index in [1.165, 1.54) is 25.7 Å². The van der Waals surface area contributed by atoms with E-state index in [1.54, 1.807) is 0 Å². The predicted molar refractivity (Wildman–Crippen MR) is 91.7 cm³/mol. The fourth-order valence-corrected chi connectivity index (χ4v) is 2.65. The first kappa shape index (κ1) is 15.0. The van der Waals surface area contributed by atoms with Gasteiger partial charge in [0.15, 0.2) is 10.2 Å². The van der Waals surface area contributed by atoms with Gasteiger partial charge in [-0.25, -0.2) is 0 Å². The highest BCUT2D eigenvalue weighted by Gasteiger charge is 2.15. The summed E-state index contributed by atoms with van der Waals surface area (Å²) in [6.07, 6.45) is 4.93. The van der Waals surface area contributed by atoms with Crippen LogP contribution in [-0.4, -0.2) is 16.3 Å². The first-order valence-electron chi connectivity index (χ1n) is 6.84. The van der Waals surface area contributed by atoms with Gasteiger partial charge < -0.3 is 10.6 Å². The van der Waals surface area contributed by atoms with E-state index in [2.05, 4.69) is 21.5 Å². The van der Waals surface area contributed by atoms with Gasteiger partial charge in [-0.15, -0.1) is 0 Å². The summed E-state index contributed by atoms with van der Waals surface area (Å²) in [5, 5.41) is 7.49. The third kappa shape index (κ3) is 4.61. The lowest BCUT2D eigenvalue weighted by molar-refractivity contribution is 0.618. The van der Waals surface area contributed by atoms with Crippen LogP contribution in [0.3, 0.4) is 0 Å². The maximum atomic E-state index is 5.23. The van der Waals surface area contributed by atoms with Crippen molar-refractivity contribution in [3.05, 3.63) is 29.8 Å². The van der Waals surface area contributed by atoms with Crippen molar-refractivity contribution in [3.8, 4) is 0 Å². The summed E-state index contributed by atoms with van der Waals surface area (Å²) < 4.78 is 0. The highest BCUT2D eigenvalue weighted by atomic mass is 32.1. The molecule has 1 aromatic rings. The number of benzene rings is 1. The van der Waals surface area contributed by atoms with Crippen LogP contribution >= 0.6 is 24.4 Å². The fourth-order valence-electron chi connectivity index (χ4n) is 2.27. The summed E-state index contributed by atoms with van der Waals surface area (Å²) in [7, 11) is 0. The Morgan fingerprint density at radius 2 is 1.70 bits per heavy atom. The molecule has 1 aliphatic carbocycles. The summed E-state index contributed by atoms with van der Waals surface area (Å²) in [5.41, 5.74) is 7.94. The lowest BCUT2D eigenvalue weighted by atomic mass is 10.2. The molecular formula is C14H20N4S2. The minimum atomic E-state index is 0.495. The Bertz CT molecular complexity index is 484. The number of aryl methyl sites for hydroxylation is 1. The number of hydrogen-bond donors (Lipinski definition) is 4. The Kier molecular flexibility index (Phi) is 5.55. The van der Waals surface area contributed by atoms with Crippen LogP contribution in [-0.2, 0) is 0 Å². The second-order valence-corrected chi connectivity index (χ2v) is 5.79. The molecule has 1 fully saturated rings. The second-order valence-electron chi connectivity index (χ2n) is 4.97. The number of rotatable bonds is 2. The number of hydrazine groups is 1. The van der Waals surface area contributed by atoms with Crippen LogP contribution in [0, 0.1) is 6.92 Å². The van der Waals surface area contributed by atoms with Crippen molar-refractivity contribution in [1.82, 2.24) is 16.2 Å². The summed E-state index contributed by atoms with van der Waals surface area (Å²) in [4.78, 5) is 0. The van der Waals surface area contributed by atoms with E-state index in [-0.39, 0.29) is 0 Å². The molecule has 1 aliphatic rings. The molecule has 4 N–H and O–H groups in total. The standard InChI is InChI=1S/C14H20N4S2/c1-10-6-2-5-9-12(10)16-14(20)18-17-13(19)15-11-7-3-4-8-11/h2,5-6,9,11H,3-4,7-8H2,1H3,(H2,15,17,19)(H2,16,18,20). The number of nitrogens with one attached hydrogen (secondary N) is 4. The van der Waals surface area contributed by atoms with Crippen molar-refractivity contribution in [2.45, 2.75) is 38.6 Å². The van der Waals surface area contributed by atoms with Gasteiger partial charge in [0.1, 0.15) is 0 Å². The van der Waals surface area contributed by atoms with Gasteiger partial charge in [-0.3, -0.25) is 10.9 Å². The number of thiocarbonyl (C=S) groups is 2. The molecule has 4 nitrogen and oxygen atoms in total. The fraction of sp³-hybridized carbons (Fsp3) is 0.429. The summed E-state index contributed by atoms with van der Waals surface area (Å²) in [5.74, 6) is 0. The van der Waals surface area contributed by atoms with Crippen LogP contribution < -0.4 is 21.5 Å². The average Bonchev–Trinajstić information content (AvgIpc) is 2.92. The molecule has 1 saturated carbocycles. The molecule has 108 valence electrons. The molecule has 0 spiro atoms. The molecule has 0 aliphatic heterocycles. The quantitative estimate of drug-likeness (QED) is 0.498. The Labute approximate surface area is 130 Å². The first-order valence-corrected chi connectivity index (χ1v) is 7.66. The smallest absolute Gasteiger partial charge is 0.189 e. The molecule has 0 amide bonds. The van der Waals surface area contributed by atoms with Gasteiger partial charge in [0.2, 0.25) is 0 Å². The molecule has 0 heterocycles. The van der Waals surface area contributed by atoms with Gasteiger partial charge >= 0.3 is 0 Å². The topological polar surface area (TPSA) is 48.1 Å². The van der Waals surface area contributed by atoms with E-state index in [0.717, 1.165) is 11.3 Å². The predicted octanol–water partition coefficient (Wildman–Crippen LogP) is 2.60. The van der Waals surface area contributed by atoms with E-state index in [4.69, 9.17) is 24.4 Å². The van der Waals surface area contributed by atoms with Crippen molar-refractivity contribution in [2.24, 2.45) is 0 Å². The van der Waals surface area contributed by atoms with Crippen molar-refractivity contribution in [3.63, 3.8) is 0 Å². The first-order chi connectivity index (χ1) is 9.65. The molecule has 1 aromatic carbocycles. The lowest BCUT2D eigenvalue weighted by Gasteiger charge is -2.18. The molecule has 0 unspecified atom stereocenters. The highest BCUT2D eigenvalue weighted by molar-refractivity contribution is 7.80. The maximum Gasteiger partial charge on any atom is 0.189 e. The van der Waals surface area contributed by atoms with Crippen molar-refractivity contribution in [2.75, 3.05) is 5.32 Å². The minimum absolute atomic E-state index is 0.495. The van der Waals surface area contributed by atoms with Crippen molar-refractivity contribution < 1.29 is 0 Å². The molecule has 0 aromatic heterocycles. The molecule has 0 atom stereocenters. The van der Waals surface area contributed by atoms with Crippen molar-refractivity contribution >= 4 is 40.3 Å². The van der Waals surface area contributed by atoms with E-state index >= 15 is 0 Å². The molecule has 0 saturated heterocycles. The molecule has 6 heteroatoms. The number of anilines is 1. The summed E-state index contributed by atoms with van der Waals surface area (Å²) in [6, 6.07) is 8.48. The Morgan fingerprint density at radius 1 is 1.05 bits per heavy atom. The van der Waals surface area contributed by atoms with E-state index in [9.17, 15) is 0 Å². The molecule has 0 radical (unpaired) electrons. The van der Waals surface area contributed by atoms with Crippen LogP contribution in [0.5, 0.6) is 0 Å². The molecule has 2 rings (SSSR count). The van der Waals surface area contributed by atoms with Crippen LogP contribution in [0.2, 0.25) is 0 Å². The third-order valence-electron chi connectivity index (χ3n) is 3.37. The van der Waals surface area contributed by atoms with Crippen LogP contribution in [0.4, 0.5) is 5.69 Å². The largest absolute Gasteiger partial charge is 0.359 e. The zero-order chi connectivity index (χ0) is 14.4. The zero-order valence-corrected chi connectivity index (χ0v) is 13.2. The SMILES string of the molecule is Cc1ccccc1NC(=S)NNC(=S)NC1CCCC1. The van der Waals surface area contributed by atoms with Gasteiger partial charge in [-0.1, -0.05) is 31.0 Å². The van der Waals surface area contributed by atoms with Crippen molar-refractivity contribution in [1.29, 1.82) is 0 Å². The van der Waals surface area contributed by atoms with Gasteiger partial charge in [0, 0.05) is 11.7 Å². The lowest BCUT2D eigenvalue weighted by Crippen LogP contribution is -2.50. The summed E-state index contributed by atoms with van der Waals surface area (Å²) in [6.45, 7) is 2.03. The van der Waals surface area contributed by atoms with E-state index in [1.807, 2.05) is 31.2 Å². The van der Waals surface area contributed by atoms with Crippen LogP contribution in [0.1, 0.15) is 31.2 Å². The monoisotopic (exact) mass is 308 g/mol. The summed E-state index contributed by atoms with van der Waals surface area (Å²) >= 11 is 10.5. The molecule has 0 bridgehead atoms. The third-order valence-corrected chi connectivity index (χ3v) is 3.80. The van der Waals surface area contributed by atoms with E-state index < -0.39 is 0 Å². The van der Waals surface area contributed by atoms with Crippen LogP contribution in [0.15, 0.2) is 24.3 Å². The van der Waals surface area contributed by atoms with Gasteiger partial charge in [0.05, 0.1) is 0 Å². The van der Waals surface area contributed by atoms with Gasteiger partial charge in [0.25, 0.3) is 0 Å². The Balaban J connectivity index is 1.72. The number of para-hydroxylation sites is 1. The Morgan fingerprint density at radius 3 is 2.40 bits per heavy atom. The zero-order valence-electron chi connectivity index (χ0n) is 11.5. The molecular weight excluding hydrogens is 288 g/mol. The number of hydrogen-bond acceptors (Lipinski definition) is 2. The normalized spacial score (nSPS) is 14.7. The minimum Gasteiger partial charge on any atom is -0.359 e. The maximum absolute atomic E-state index is 5.23. The van der Waals surface area contributed by atoms with E-state index in [0.29, 0.717) is 16.3 Å².